The Morgan fingerprint density at radius 3 is 2.59 bits per heavy atom. The molecule has 0 saturated heterocycles. The minimum atomic E-state index is 0.00197. The number of hydrogen-bond donors (Lipinski definition) is 1. The van der Waals surface area contributed by atoms with E-state index in [4.69, 9.17) is 4.74 Å². The van der Waals surface area contributed by atoms with Crippen molar-refractivity contribution in [1.82, 2.24) is 19.6 Å². The maximum Gasteiger partial charge on any atom is 0.266 e. The van der Waals surface area contributed by atoms with E-state index >= 15 is 0 Å². The van der Waals surface area contributed by atoms with Gasteiger partial charge in [0.1, 0.15) is 11.6 Å². The first-order chi connectivity index (χ1) is 14.0. The van der Waals surface area contributed by atoms with Crippen molar-refractivity contribution in [3.8, 4) is 11.6 Å². The third kappa shape index (κ3) is 3.89. The fourth-order valence-corrected chi connectivity index (χ4v) is 3.21. The highest BCUT2D eigenvalue weighted by atomic mass is 16.5. The van der Waals surface area contributed by atoms with Crippen LogP contribution in [0.5, 0.6) is 11.6 Å². The van der Waals surface area contributed by atoms with Crippen LogP contribution in [0, 0.1) is 5.92 Å². The summed E-state index contributed by atoms with van der Waals surface area (Å²) < 4.78 is 8.02. The number of fused-ring (bicyclic) bond motifs is 3. The van der Waals surface area contributed by atoms with Crippen LogP contribution in [0.4, 0.5) is 5.69 Å². The lowest BCUT2D eigenvalue weighted by atomic mass is 10.1. The second-order valence-electron chi connectivity index (χ2n) is 7.31. The Morgan fingerprint density at radius 1 is 1.10 bits per heavy atom. The molecular formula is C22H23N5O2. The highest BCUT2D eigenvalue weighted by Crippen LogP contribution is 2.28. The first kappa shape index (κ1) is 18.9. The molecule has 0 radical (unpaired) electrons. The Hall–Kier alpha value is -3.48. The van der Waals surface area contributed by atoms with Gasteiger partial charge >= 0.3 is 0 Å². The number of aryl methyl sites for hydroxylation is 1. The number of ether oxygens (including phenoxy) is 1. The third-order valence-corrected chi connectivity index (χ3v) is 4.53. The van der Waals surface area contributed by atoms with Gasteiger partial charge in [0.25, 0.3) is 5.88 Å². The minimum Gasteiger partial charge on any atom is -0.436 e. The van der Waals surface area contributed by atoms with Gasteiger partial charge in [-0.2, -0.15) is 0 Å². The van der Waals surface area contributed by atoms with Crippen LogP contribution in [-0.2, 0) is 11.2 Å². The fraction of sp³-hybridized carbons (Fsp3) is 0.273. The Labute approximate surface area is 168 Å². The normalized spacial score (nSPS) is 11.3. The molecule has 7 nitrogen and oxygen atoms in total. The molecule has 2 heterocycles. The van der Waals surface area contributed by atoms with Gasteiger partial charge in [-0.3, -0.25) is 9.20 Å². The van der Waals surface area contributed by atoms with Crippen LogP contribution in [0.2, 0.25) is 0 Å². The van der Waals surface area contributed by atoms with Crippen molar-refractivity contribution in [2.75, 3.05) is 5.32 Å². The molecule has 0 saturated carbocycles. The number of nitrogens with zero attached hydrogens (tertiary/aromatic N) is 4. The first-order valence-electron chi connectivity index (χ1n) is 9.75. The predicted octanol–water partition coefficient (Wildman–Crippen LogP) is 4.62. The molecule has 1 amide bonds. The number of carbonyl (C=O) groups is 1. The fourth-order valence-electron chi connectivity index (χ4n) is 3.21. The summed E-state index contributed by atoms with van der Waals surface area (Å²) in [5.74, 6) is 2.18. The van der Waals surface area contributed by atoms with E-state index in [9.17, 15) is 4.79 Å². The van der Waals surface area contributed by atoms with Gasteiger partial charge in [-0.05, 0) is 42.3 Å². The van der Waals surface area contributed by atoms with Crippen LogP contribution >= 0.6 is 0 Å². The Balaban J connectivity index is 1.64. The molecular weight excluding hydrogens is 366 g/mol. The quantitative estimate of drug-likeness (QED) is 0.520. The van der Waals surface area contributed by atoms with E-state index < -0.39 is 0 Å². The number of benzene rings is 2. The maximum absolute atomic E-state index is 11.9. The largest absolute Gasteiger partial charge is 0.436 e. The molecule has 1 N–H and O–H groups in total. The molecule has 0 bridgehead atoms. The van der Waals surface area contributed by atoms with Crippen molar-refractivity contribution in [1.29, 1.82) is 0 Å². The number of hydrogen-bond acceptors (Lipinski definition) is 5. The molecule has 2 aromatic heterocycles. The molecule has 148 valence electrons. The summed E-state index contributed by atoms with van der Waals surface area (Å²) in [6.45, 7) is 6.07. The average molecular weight is 389 g/mol. The van der Waals surface area contributed by atoms with E-state index in [0.717, 1.165) is 29.0 Å². The molecule has 4 aromatic rings. The smallest absolute Gasteiger partial charge is 0.266 e. The molecule has 2 aromatic carbocycles. The topological polar surface area (TPSA) is 81.4 Å². The lowest BCUT2D eigenvalue weighted by molar-refractivity contribution is -0.116. The Bertz CT molecular complexity index is 1170. The maximum atomic E-state index is 11.9. The summed E-state index contributed by atoms with van der Waals surface area (Å²) in [7, 11) is 0. The van der Waals surface area contributed by atoms with E-state index in [-0.39, 0.29) is 5.91 Å². The molecule has 0 aliphatic carbocycles. The summed E-state index contributed by atoms with van der Waals surface area (Å²) >= 11 is 0. The van der Waals surface area contributed by atoms with Crippen molar-refractivity contribution >= 4 is 28.3 Å². The van der Waals surface area contributed by atoms with E-state index in [0.29, 0.717) is 29.6 Å². The lowest BCUT2D eigenvalue weighted by Gasteiger charge is -2.10. The summed E-state index contributed by atoms with van der Waals surface area (Å²) in [6.07, 6.45) is 1.24. The summed E-state index contributed by atoms with van der Waals surface area (Å²) in [4.78, 5) is 16.6. The number of aromatic nitrogens is 4. The molecule has 0 aliphatic heterocycles. The summed E-state index contributed by atoms with van der Waals surface area (Å²) in [5.41, 5.74) is 3.06. The zero-order valence-corrected chi connectivity index (χ0v) is 16.7. The van der Waals surface area contributed by atoms with Crippen molar-refractivity contribution in [2.45, 2.75) is 33.6 Å². The molecule has 0 unspecified atom stereocenters. The zero-order valence-electron chi connectivity index (χ0n) is 16.7. The number of para-hydroxylation sites is 2. The molecule has 7 heteroatoms. The van der Waals surface area contributed by atoms with Crippen molar-refractivity contribution in [3.05, 3.63) is 54.4 Å². The van der Waals surface area contributed by atoms with Gasteiger partial charge < -0.3 is 10.1 Å². The van der Waals surface area contributed by atoms with Crippen molar-refractivity contribution in [2.24, 2.45) is 5.92 Å². The van der Waals surface area contributed by atoms with E-state index in [1.165, 1.54) is 0 Å². The van der Waals surface area contributed by atoms with Crippen LogP contribution in [0.25, 0.3) is 16.7 Å². The highest BCUT2D eigenvalue weighted by Gasteiger charge is 2.16. The first-order valence-corrected chi connectivity index (χ1v) is 9.75. The van der Waals surface area contributed by atoms with Gasteiger partial charge in [-0.15, -0.1) is 10.2 Å². The number of anilines is 1. The molecule has 29 heavy (non-hydrogen) atoms. The Morgan fingerprint density at radius 2 is 1.86 bits per heavy atom. The van der Waals surface area contributed by atoms with Crippen LogP contribution in [0.1, 0.15) is 33.0 Å². The zero-order chi connectivity index (χ0) is 20.4. The number of rotatable bonds is 6. The van der Waals surface area contributed by atoms with Gasteiger partial charge in [0, 0.05) is 18.5 Å². The monoisotopic (exact) mass is 389 g/mol. The second-order valence-corrected chi connectivity index (χ2v) is 7.31. The van der Waals surface area contributed by atoms with Crippen LogP contribution in [0.15, 0.2) is 48.5 Å². The van der Waals surface area contributed by atoms with Gasteiger partial charge in [-0.1, -0.05) is 32.9 Å². The standard InChI is InChI=1S/C22H23N5O2/c1-4-19-25-26-21-22(24-17-7-5-6-8-18(17)27(19)21)29-16-11-9-15(10-12-16)23-20(28)13-14(2)3/h5-12,14H,4,13H2,1-3H3,(H,23,28). The SMILES string of the molecule is CCc1nnc2c(Oc3ccc(NC(=O)CC(C)C)cc3)nc3ccccc3n12. The van der Waals surface area contributed by atoms with Gasteiger partial charge in [0.05, 0.1) is 11.0 Å². The molecule has 0 spiro atoms. The summed E-state index contributed by atoms with van der Waals surface area (Å²) in [6, 6.07) is 15.1. The van der Waals surface area contributed by atoms with Crippen molar-refractivity contribution < 1.29 is 9.53 Å². The second kappa shape index (κ2) is 7.87. The van der Waals surface area contributed by atoms with Crippen LogP contribution in [-0.4, -0.2) is 25.5 Å². The van der Waals surface area contributed by atoms with E-state index in [2.05, 4.69) is 20.5 Å². The molecule has 4 rings (SSSR count). The number of carbonyl (C=O) groups excluding carboxylic acids is 1. The lowest BCUT2D eigenvalue weighted by Crippen LogP contribution is -2.13. The van der Waals surface area contributed by atoms with E-state index in [1.54, 1.807) is 12.1 Å². The van der Waals surface area contributed by atoms with Gasteiger partial charge in [-0.25, -0.2) is 4.98 Å². The molecule has 0 fully saturated rings. The minimum absolute atomic E-state index is 0.00197. The summed E-state index contributed by atoms with van der Waals surface area (Å²) in [5, 5.41) is 11.5. The van der Waals surface area contributed by atoms with Gasteiger partial charge in [0.2, 0.25) is 11.6 Å². The number of amides is 1. The van der Waals surface area contributed by atoms with Crippen molar-refractivity contribution in [3.63, 3.8) is 0 Å². The number of nitrogens with one attached hydrogen (secondary N) is 1. The van der Waals surface area contributed by atoms with E-state index in [1.807, 2.05) is 61.6 Å². The third-order valence-electron chi connectivity index (χ3n) is 4.53. The van der Waals surface area contributed by atoms with Crippen LogP contribution < -0.4 is 10.1 Å². The predicted molar refractivity (Wildman–Crippen MR) is 112 cm³/mol. The van der Waals surface area contributed by atoms with Gasteiger partial charge in [0.15, 0.2) is 0 Å². The average Bonchev–Trinajstić information content (AvgIpc) is 3.14. The molecule has 0 aliphatic rings. The Kier molecular flexibility index (Phi) is 5.12. The highest BCUT2D eigenvalue weighted by molar-refractivity contribution is 5.90. The molecule has 0 atom stereocenters. The van der Waals surface area contributed by atoms with Crippen LogP contribution in [0.3, 0.4) is 0 Å².